The highest BCUT2D eigenvalue weighted by Crippen LogP contribution is 2.16. The number of nitrogens with zero attached hydrogens (tertiary/aromatic N) is 2. The zero-order valence-corrected chi connectivity index (χ0v) is 11.2. The predicted molar refractivity (Wildman–Crippen MR) is 74.6 cm³/mol. The Hall–Kier alpha value is -1.99. The summed E-state index contributed by atoms with van der Waals surface area (Å²) in [5.74, 6) is 0. The topological polar surface area (TPSA) is 76.1 Å². The van der Waals surface area contributed by atoms with Gasteiger partial charge in [-0.15, -0.1) is 10.2 Å². The number of ether oxygens (including phenoxy) is 1. The van der Waals surface area contributed by atoms with Crippen LogP contribution in [0.15, 0.2) is 30.3 Å². The van der Waals surface area contributed by atoms with Crippen molar-refractivity contribution in [3.05, 3.63) is 35.3 Å². The Kier molecular flexibility index (Phi) is 4.82. The minimum absolute atomic E-state index is 0.333. The molecule has 0 aliphatic heterocycles. The molecule has 6 nitrogen and oxygen atoms in total. The van der Waals surface area contributed by atoms with E-state index in [0.717, 1.165) is 10.7 Å². The van der Waals surface area contributed by atoms with E-state index in [0.29, 0.717) is 18.2 Å². The summed E-state index contributed by atoms with van der Waals surface area (Å²) in [5.41, 5.74) is 0.726. The maximum Gasteiger partial charge on any atom is 0.325 e. The third kappa shape index (κ3) is 4.31. The Morgan fingerprint density at radius 1 is 1.26 bits per heavy atom. The standard InChI is InChI=1S/C12H14N4O2S/c1-18-8-7-10-15-16-12(19-10)14-11(17)13-9-5-3-2-4-6-9/h2-6H,7-8H2,1H3,(H2,13,14,16,17). The third-order valence-corrected chi connectivity index (χ3v) is 3.14. The first-order valence-corrected chi connectivity index (χ1v) is 6.54. The summed E-state index contributed by atoms with van der Waals surface area (Å²) in [6.45, 7) is 0.588. The van der Waals surface area contributed by atoms with Crippen molar-refractivity contribution in [2.45, 2.75) is 6.42 Å². The molecule has 0 bridgehead atoms. The molecule has 19 heavy (non-hydrogen) atoms. The molecule has 0 saturated heterocycles. The summed E-state index contributed by atoms with van der Waals surface area (Å²) in [6, 6.07) is 8.87. The molecule has 1 heterocycles. The maximum atomic E-state index is 11.7. The van der Waals surface area contributed by atoms with Gasteiger partial charge in [-0.1, -0.05) is 29.5 Å². The minimum Gasteiger partial charge on any atom is -0.384 e. The van der Waals surface area contributed by atoms with Gasteiger partial charge in [-0.25, -0.2) is 4.79 Å². The molecule has 0 atom stereocenters. The van der Waals surface area contributed by atoms with Crippen LogP contribution in [0.5, 0.6) is 0 Å². The average molecular weight is 278 g/mol. The van der Waals surface area contributed by atoms with Crippen molar-refractivity contribution in [2.75, 3.05) is 24.4 Å². The Labute approximate surface area is 114 Å². The monoisotopic (exact) mass is 278 g/mol. The summed E-state index contributed by atoms with van der Waals surface area (Å²) in [7, 11) is 1.63. The fourth-order valence-corrected chi connectivity index (χ4v) is 2.09. The van der Waals surface area contributed by atoms with E-state index in [1.165, 1.54) is 11.3 Å². The van der Waals surface area contributed by atoms with E-state index in [9.17, 15) is 4.79 Å². The number of methoxy groups -OCH3 is 1. The molecule has 0 unspecified atom stereocenters. The molecule has 0 aliphatic rings. The van der Waals surface area contributed by atoms with Gasteiger partial charge in [0.1, 0.15) is 5.01 Å². The molecule has 0 fully saturated rings. The number of amides is 2. The average Bonchev–Trinajstić information content (AvgIpc) is 2.85. The highest BCUT2D eigenvalue weighted by atomic mass is 32.1. The van der Waals surface area contributed by atoms with Gasteiger partial charge in [0.25, 0.3) is 0 Å². The van der Waals surface area contributed by atoms with Crippen molar-refractivity contribution < 1.29 is 9.53 Å². The van der Waals surface area contributed by atoms with Crippen LogP contribution in [0.1, 0.15) is 5.01 Å². The fraction of sp³-hybridized carbons (Fsp3) is 0.250. The SMILES string of the molecule is COCCc1nnc(NC(=O)Nc2ccccc2)s1. The van der Waals surface area contributed by atoms with Gasteiger partial charge in [0.2, 0.25) is 5.13 Å². The molecule has 2 aromatic rings. The van der Waals surface area contributed by atoms with Gasteiger partial charge in [-0.3, -0.25) is 5.32 Å². The number of rotatable bonds is 5. The molecule has 7 heteroatoms. The van der Waals surface area contributed by atoms with Crippen molar-refractivity contribution in [3.63, 3.8) is 0 Å². The van der Waals surface area contributed by atoms with Gasteiger partial charge >= 0.3 is 6.03 Å². The van der Waals surface area contributed by atoms with E-state index >= 15 is 0 Å². The minimum atomic E-state index is -0.333. The van der Waals surface area contributed by atoms with Crippen molar-refractivity contribution in [1.29, 1.82) is 0 Å². The zero-order valence-electron chi connectivity index (χ0n) is 10.4. The smallest absolute Gasteiger partial charge is 0.325 e. The molecule has 0 aliphatic carbocycles. The summed E-state index contributed by atoms with van der Waals surface area (Å²) in [6.07, 6.45) is 0.691. The molecule has 0 radical (unpaired) electrons. The number of benzene rings is 1. The Balaban J connectivity index is 1.86. The molecule has 2 amide bonds. The lowest BCUT2D eigenvalue weighted by molar-refractivity contribution is 0.202. The summed E-state index contributed by atoms with van der Waals surface area (Å²) in [5, 5.41) is 14.5. The van der Waals surface area contributed by atoms with Crippen LogP contribution in [0.25, 0.3) is 0 Å². The zero-order chi connectivity index (χ0) is 13.5. The largest absolute Gasteiger partial charge is 0.384 e. The number of carbonyl (C=O) groups excluding carboxylic acids is 1. The number of hydrogen-bond donors (Lipinski definition) is 2. The predicted octanol–water partition coefficient (Wildman–Crippen LogP) is 2.37. The molecular weight excluding hydrogens is 264 g/mol. The number of aromatic nitrogens is 2. The van der Waals surface area contributed by atoms with E-state index in [1.807, 2.05) is 30.3 Å². The molecule has 2 N–H and O–H groups in total. The molecule has 2 rings (SSSR count). The number of nitrogens with one attached hydrogen (secondary N) is 2. The van der Waals surface area contributed by atoms with Gasteiger partial charge in [0.05, 0.1) is 6.61 Å². The number of hydrogen-bond acceptors (Lipinski definition) is 5. The van der Waals surface area contributed by atoms with Gasteiger partial charge < -0.3 is 10.1 Å². The lowest BCUT2D eigenvalue weighted by Gasteiger charge is -2.03. The van der Waals surface area contributed by atoms with Crippen LogP contribution in [-0.4, -0.2) is 29.9 Å². The Morgan fingerprint density at radius 2 is 2.05 bits per heavy atom. The Morgan fingerprint density at radius 3 is 2.79 bits per heavy atom. The second-order valence-electron chi connectivity index (χ2n) is 3.69. The first-order chi connectivity index (χ1) is 9.28. The summed E-state index contributed by atoms with van der Waals surface area (Å²) >= 11 is 1.34. The maximum absolute atomic E-state index is 11.7. The van der Waals surface area contributed by atoms with Crippen molar-refractivity contribution in [2.24, 2.45) is 0 Å². The van der Waals surface area contributed by atoms with E-state index in [2.05, 4.69) is 20.8 Å². The van der Waals surface area contributed by atoms with Crippen LogP contribution >= 0.6 is 11.3 Å². The van der Waals surface area contributed by atoms with Gasteiger partial charge in [0, 0.05) is 19.2 Å². The first-order valence-electron chi connectivity index (χ1n) is 5.72. The van der Waals surface area contributed by atoms with E-state index in [-0.39, 0.29) is 6.03 Å². The van der Waals surface area contributed by atoms with Crippen LogP contribution in [0, 0.1) is 0 Å². The Bertz CT molecular complexity index is 530. The number of para-hydroxylation sites is 1. The second-order valence-corrected chi connectivity index (χ2v) is 4.75. The molecule has 1 aromatic heterocycles. The molecular formula is C12H14N4O2S. The summed E-state index contributed by atoms with van der Waals surface area (Å²) < 4.78 is 4.95. The van der Waals surface area contributed by atoms with E-state index in [1.54, 1.807) is 7.11 Å². The first kappa shape index (κ1) is 13.4. The normalized spacial score (nSPS) is 10.2. The van der Waals surface area contributed by atoms with Crippen LogP contribution in [0.4, 0.5) is 15.6 Å². The fourth-order valence-electron chi connectivity index (χ4n) is 1.38. The van der Waals surface area contributed by atoms with Crippen LogP contribution in [0.3, 0.4) is 0 Å². The summed E-state index contributed by atoms with van der Waals surface area (Å²) in [4.78, 5) is 11.7. The lowest BCUT2D eigenvalue weighted by Crippen LogP contribution is -2.19. The number of urea groups is 1. The van der Waals surface area contributed by atoms with Crippen molar-refractivity contribution >= 4 is 28.2 Å². The molecule has 0 spiro atoms. The molecule has 100 valence electrons. The van der Waals surface area contributed by atoms with Crippen LogP contribution in [0.2, 0.25) is 0 Å². The quantitative estimate of drug-likeness (QED) is 0.880. The van der Waals surface area contributed by atoms with Gasteiger partial charge in [-0.2, -0.15) is 0 Å². The van der Waals surface area contributed by atoms with E-state index < -0.39 is 0 Å². The molecule has 0 saturated carbocycles. The number of anilines is 2. The van der Waals surface area contributed by atoms with Gasteiger partial charge in [-0.05, 0) is 12.1 Å². The third-order valence-electron chi connectivity index (χ3n) is 2.24. The van der Waals surface area contributed by atoms with Crippen molar-refractivity contribution in [1.82, 2.24) is 10.2 Å². The lowest BCUT2D eigenvalue weighted by atomic mass is 10.3. The number of carbonyl (C=O) groups is 1. The second kappa shape index (κ2) is 6.81. The van der Waals surface area contributed by atoms with Crippen LogP contribution in [-0.2, 0) is 11.2 Å². The van der Waals surface area contributed by atoms with E-state index in [4.69, 9.17) is 4.74 Å². The van der Waals surface area contributed by atoms with Crippen LogP contribution < -0.4 is 10.6 Å². The highest BCUT2D eigenvalue weighted by molar-refractivity contribution is 7.15. The molecule has 1 aromatic carbocycles. The van der Waals surface area contributed by atoms with Crippen molar-refractivity contribution in [3.8, 4) is 0 Å². The highest BCUT2D eigenvalue weighted by Gasteiger charge is 2.07. The van der Waals surface area contributed by atoms with Gasteiger partial charge in [0.15, 0.2) is 0 Å².